The maximum Gasteiger partial charge on any atom is 0.292 e. The van der Waals surface area contributed by atoms with Gasteiger partial charge in [0.2, 0.25) is 11.7 Å². The summed E-state index contributed by atoms with van der Waals surface area (Å²) in [5.41, 5.74) is 1.51. The molecular weight excluding hydrogens is 398 g/mol. The molecule has 0 unspecified atom stereocenters. The van der Waals surface area contributed by atoms with Crippen molar-refractivity contribution in [2.45, 2.75) is 20.8 Å². The summed E-state index contributed by atoms with van der Waals surface area (Å²) in [6, 6.07) is 7.20. The number of benzene rings is 1. The van der Waals surface area contributed by atoms with E-state index in [4.69, 9.17) is 14.0 Å². The number of hydrogen-bond donors (Lipinski definition) is 0. The number of aryl methyl sites for hydroxylation is 1. The van der Waals surface area contributed by atoms with Crippen molar-refractivity contribution in [1.82, 2.24) is 15.0 Å². The Bertz CT molecular complexity index is 942. The van der Waals surface area contributed by atoms with Crippen molar-refractivity contribution in [3.05, 3.63) is 47.4 Å². The molecule has 3 rings (SSSR count). The molecule has 8 heteroatoms. The Labute approximate surface area is 182 Å². The molecule has 8 nitrogen and oxygen atoms in total. The summed E-state index contributed by atoms with van der Waals surface area (Å²) < 4.78 is 16.2. The van der Waals surface area contributed by atoms with Crippen LogP contribution in [0.4, 0.5) is 0 Å². The molecule has 31 heavy (non-hydrogen) atoms. The van der Waals surface area contributed by atoms with Gasteiger partial charge in [-0.2, -0.15) is 0 Å². The van der Waals surface area contributed by atoms with Crippen molar-refractivity contribution in [3.63, 3.8) is 0 Å². The lowest BCUT2D eigenvalue weighted by atomic mass is 10.1. The lowest BCUT2D eigenvalue weighted by molar-refractivity contribution is -0.127. The van der Waals surface area contributed by atoms with Crippen LogP contribution in [0.1, 0.15) is 35.7 Å². The largest absolute Gasteiger partial charge is 0.493 e. The molecule has 2 amide bonds. The number of carbonyl (C=O) groups is 2. The van der Waals surface area contributed by atoms with Gasteiger partial charge in [-0.25, -0.2) is 0 Å². The van der Waals surface area contributed by atoms with Gasteiger partial charge in [-0.05, 0) is 36.6 Å². The number of carbonyl (C=O) groups excluding carboxylic acids is 2. The van der Waals surface area contributed by atoms with E-state index in [-0.39, 0.29) is 17.6 Å². The second-order valence-corrected chi connectivity index (χ2v) is 7.90. The number of ether oxygens (including phenoxy) is 2. The molecule has 2 heterocycles. The molecule has 0 N–H and O–H groups in total. The predicted molar refractivity (Wildman–Crippen MR) is 116 cm³/mol. The number of amides is 2. The second-order valence-electron chi connectivity index (χ2n) is 7.90. The minimum atomic E-state index is -0.199. The molecule has 1 saturated heterocycles. The summed E-state index contributed by atoms with van der Waals surface area (Å²) in [4.78, 5) is 28.4. The van der Waals surface area contributed by atoms with Crippen LogP contribution in [0.5, 0.6) is 11.5 Å². The zero-order valence-electron chi connectivity index (χ0n) is 18.5. The number of hydrogen-bond acceptors (Lipinski definition) is 6. The quantitative estimate of drug-likeness (QED) is 0.632. The van der Waals surface area contributed by atoms with E-state index in [9.17, 15) is 9.59 Å². The van der Waals surface area contributed by atoms with E-state index in [1.54, 1.807) is 42.1 Å². The lowest BCUT2D eigenvalue weighted by Crippen LogP contribution is -2.50. The SMILES string of the molecule is COc1cc(/C=C/C(=O)N2CCN(C(=O)c3cc(C)no3)CC2)ccc1OCC(C)C. The molecule has 166 valence electrons. The third kappa shape index (κ3) is 5.87. The number of aromatic nitrogens is 1. The summed E-state index contributed by atoms with van der Waals surface area (Å²) in [6.45, 7) is 8.38. The van der Waals surface area contributed by atoms with Crippen LogP contribution in [-0.4, -0.2) is 66.7 Å². The molecule has 0 bridgehead atoms. The third-order valence-electron chi connectivity index (χ3n) is 4.90. The predicted octanol–water partition coefficient (Wildman–Crippen LogP) is 3.02. The van der Waals surface area contributed by atoms with Crippen molar-refractivity contribution >= 4 is 17.9 Å². The van der Waals surface area contributed by atoms with Crippen LogP contribution in [0.15, 0.2) is 34.9 Å². The molecule has 1 fully saturated rings. The zero-order chi connectivity index (χ0) is 22.4. The van der Waals surface area contributed by atoms with Crippen LogP contribution >= 0.6 is 0 Å². The van der Waals surface area contributed by atoms with E-state index >= 15 is 0 Å². The van der Waals surface area contributed by atoms with Crippen molar-refractivity contribution in [2.24, 2.45) is 5.92 Å². The highest BCUT2D eigenvalue weighted by Crippen LogP contribution is 2.29. The molecule has 0 spiro atoms. The van der Waals surface area contributed by atoms with Crippen LogP contribution in [0.2, 0.25) is 0 Å². The first-order valence-corrected chi connectivity index (χ1v) is 10.4. The summed E-state index contributed by atoms with van der Waals surface area (Å²) >= 11 is 0. The monoisotopic (exact) mass is 427 g/mol. The van der Waals surface area contributed by atoms with E-state index in [1.165, 1.54) is 0 Å². The fraction of sp³-hybridized carbons (Fsp3) is 0.435. The third-order valence-corrected chi connectivity index (χ3v) is 4.90. The van der Waals surface area contributed by atoms with Gasteiger partial charge in [0.25, 0.3) is 5.91 Å². The normalized spacial score (nSPS) is 14.4. The van der Waals surface area contributed by atoms with E-state index < -0.39 is 0 Å². The Morgan fingerprint density at radius 3 is 2.45 bits per heavy atom. The van der Waals surface area contributed by atoms with Crippen molar-refractivity contribution < 1.29 is 23.6 Å². The highest BCUT2D eigenvalue weighted by molar-refractivity contribution is 5.93. The average Bonchev–Trinajstić information content (AvgIpc) is 3.22. The fourth-order valence-corrected chi connectivity index (χ4v) is 3.19. The zero-order valence-corrected chi connectivity index (χ0v) is 18.5. The molecule has 0 radical (unpaired) electrons. The van der Waals surface area contributed by atoms with Gasteiger partial charge in [-0.15, -0.1) is 0 Å². The summed E-state index contributed by atoms with van der Waals surface area (Å²) in [5.74, 6) is 1.66. The smallest absolute Gasteiger partial charge is 0.292 e. The Hall–Kier alpha value is -3.29. The number of piperazine rings is 1. The van der Waals surface area contributed by atoms with Crippen molar-refractivity contribution in [2.75, 3.05) is 39.9 Å². The lowest BCUT2D eigenvalue weighted by Gasteiger charge is -2.33. The van der Waals surface area contributed by atoms with Crippen LogP contribution in [0, 0.1) is 12.8 Å². The van der Waals surface area contributed by atoms with E-state index in [1.807, 2.05) is 18.2 Å². The summed E-state index contributed by atoms with van der Waals surface area (Å²) in [7, 11) is 1.59. The number of nitrogens with zero attached hydrogens (tertiary/aromatic N) is 3. The van der Waals surface area contributed by atoms with Gasteiger partial charge in [0.05, 0.1) is 19.4 Å². The van der Waals surface area contributed by atoms with Gasteiger partial charge >= 0.3 is 0 Å². The Balaban J connectivity index is 1.55. The van der Waals surface area contributed by atoms with Gasteiger partial charge in [0.15, 0.2) is 11.5 Å². The minimum absolute atomic E-state index is 0.0956. The van der Waals surface area contributed by atoms with Gasteiger partial charge in [0, 0.05) is 38.3 Å². The van der Waals surface area contributed by atoms with E-state index in [0.717, 1.165) is 5.56 Å². The minimum Gasteiger partial charge on any atom is -0.493 e. The first kappa shape index (κ1) is 22.4. The second kappa shape index (κ2) is 10.1. The summed E-state index contributed by atoms with van der Waals surface area (Å²) in [6.07, 6.45) is 3.30. The van der Waals surface area contributed by atoms with Crippen molar-refractivity contribution in [1.29, 1.82) is 0 Å². The van der Waals surface area contributed by atoms with Crippen LogP contribution in [-0.2, 0) is 4.79 Å². The summed E-state index contributed by atoms with van der Waals surface area (Å²) in [5, 5.41) is 3.75. The Morgan fingerprint density at radius 1 is 1.13 bits per heavy atom. The van der Waals surface area contributed by atoms with Crippen LogP contribution in [0.25, 0.3) is 6.08 Å². The highest BCUT2D eigenvalue weighted by Gasteiger charge is 2.26. The van der Waals surface area contributed by atoms with Gasteiger partial charge in [-0.3, -0.25) is 9.59 Å². The standard InChI is InChI=1S/C23H29N3O5/c1-16(2)15-30-19-7-5-18(14-20(19)29-4)6-8-22(27)25-9-11-26(12-10-25)23(28)21-13-17(3)24-31-21/h5-8,13-14,16H,9-12,15H2,1-4H3/b8-6+. The van der Waals surface area contributed by atoms with Crippen LogP contribution < -0.4 is 9.47 Å². The Morgan fingerprint density at radius 2 is 1.84 bits per heavy atom. The number of methoxy groups -OCH3 is 1. The average molecular weight is 428 g/mol. The molecule has 1 aliphatic rings. The topological polar surface area (TPSA) is 85.1 Å². The van der Waals surface area contributed by atoms with Gasteiger partial charge < -0.3 is 23.8 Å². The molecule has 0 atom stereocenters. The molecule has 0 saturated carbocycles. The van der Waals surface area contributed by atoms with Crippen LogP contribution in [0.3, 0.4) is 0 Å². The van der Waals surface area contributed by atoms with Gasteiger partial charge in [-0.1, -0.05) is 25.1 Å². The molecule has 1 aromatic heterocycles. The van der Waals surface area contributed by atoms with Gasteiger partial charge in [0.1, 0.15) is 0 Å². The maximum atomic E-state index is 12.6. The molecule has 1 aromatic carbocycles. The fourth-order valence-electron chi connectivity index (χ4n) is 3.19. The maximum absolute atomic E-state index is 12.6. The van der Waals surface area contributed by atoms with E-state index in [2.05, 4.69) is 19.0 Å². The first-order chi connectivity index (χ1) is 14.9. The molecule has 0 aliphatic carbocycles. The highest BCUT2D eigenvalue weighted by atomic mass is 16.5. The molecular formula is C23H29N3O5. The molecule has 2 aromatic rings. The molecule has 1 aliphatic heterocycles. The van der Waals surface area contributed by atoms with Crippen molar-refractivity contribution in [3.8, 4) is 11.5 Å². The van der Waals surface area contributed by atoms with E-state index in [0.29, 0.717) is 55.9 Å². The first-order valence-electron chi connectivity index (χ1n) is 10.4. The Kier molecular flexibility index (Phi) is 7.33. The number of rotatable bonds is 7.